The Morgan fingerprint density at radius 3 is 2.39 bits per heavy atom. The van der Waals surface area contributed by atoms with Crippen molar-refractivity contribution in [2.75, 3.05) is 18.4 Å². The Balaban J connectivity index is 1.68. The maximum Gasteiger partial charge on any atom is 0.338 e. The Bertz CT molecular complexity index is 1140. The number of hydrogen-bond donors (Lipinski definition) is 1. The Morgan fingerprint density at radius 1 is 1.06 bits per heavy atom. The summed E-state index contributed by atoms with van der Waals surface area (Å²) in [6.07, 6.45) is 2.32. The molecule has 0 aliphatic carbocycles. The minimum Gasteiger partial charge on any atom is -0.449 e. The van der Waals surface area contributed by atoms with Crippen LogP contribution in [0.15, 0.2) is 53.4 Å². The number of non-ortho nitro benzene ring substituents is 1. The highest BCUT2D eigenvalue weighted by molar-refractivity contribution is 7.89. The van der Waals surface area contributed by atoms with Gasteiger partial charge in [-0.25, -0.2) is 13.2 Å². The lowest BCUT2D eigenvalue weighted by atomic mass is 10.2. The molecule has 10 nitrogen and oxygen atoms in total. The summed E-state index contributed by atoms with van der Waals surface area (Å²) in [6, 6.07) is 10.9. The van der Waals surface area contributed by atoms with E-state index in [-0.39, 0.29) is 21.8 Å². The van der Waals surface area contributed by atoms with Gasteiger partial charge < -0.3 is 10.1 Å². The zero-order valence-electron chi connectivity index (χ0n) is 18.1. The number of nitro benzene ring substituents is 1. The zero-order valence-corrected chi connectivity index (χ0v) is 18.9. The van der Waals surface area contributed by atoms with Crippen molar-refractivity contribution in [1.29, 1.82) is 0 Å². The summed E-state index contributed by atoms with van der Waals surface area (Å²) < 4.78 is 32.6. The molecule has 3 rings (SSSR count). The van der Waals surface area contributed by atoms with Crippen LogP contribution < -0.4 is 5.32 Å². The Kier molecular flexibility index (Phi) is 7.77. The summed E-state index contributed by atoms with van der Waals surface area (Å²) >= 11 is 0. The molecular formula is C22H25N3O7S. The van der Waals surface area contributed by atoms with Gasteiger partial charge in [0.15, 0.2) is 6.10 Å². The largest absolute Gasteiger partial charge is 0.449 e. The number of nitrogens with zero attached hydrogens (tertiary/aromatic N) is 2. The maximum absolute atomic E-state index is 13.0. The number of carbonyl (C=O) groups excluding carboxylic acids is 2. The van der Waals surface area contributed by atoms with E-state index in [0.717, 1.165) is 25.7 Å². The fourth-order valence-electron chi connectivity index (χ4n) is 3.44. The van der Waals surface area contributed by atoms with Crippen LogP contribution in [0.2, 0.25) is 0 Å². The number of rotatable bonds is 7. The first-order valence-electron chi connectivity index (χ1n) is 10.5. The van der Waals surface area contributed by atoms with Gasteiger partial charge >= 0.3 is 5.97 Å². The van der Waals surface area contributed by atoms with E-state index < -0.39 is 32.9 Å². The number of esters is 1. The minimum absolute atomic E-state index is 0.000830. The van der Waals surface area contributed by atoms with Crippen molar-refractivity contribution in [3.63, 3.8) is 0 Å². The standard InChI is InChI=1S/C22H25N3O7S/c1-16(21(26)23-18-9-7-10-19(15-18)25(28)29)32-22(27)17-8-6-11-20(14-17)33(30,31)24-12-4-2-3-5-13-24/h6-11,14-16H,2-5,12-13H2,1H3,(H,23,26)/t16-/m1/s1. The average Bonchev–Trinajstić information content (AvgIpc) is 3.09. The maximum atomic E-state index is 13.0. The van der Waals surface area contributed by atoms with Gasteiger partial charge in [-0.3, -0.25) is 14.9 Å². The summed E-state index contributed by atoms with van der Waals surface area (Å²) in [5, 5.41) is 13.3. The van der Waals surface area contributed by atoms with E-state index >= 15 is 0 Å². The Labute approximate surface area is 191 Å². The first-order valence-corrected chi connectivity index (χ1v) is 12.0. The lowest BCUT2D eigenvalue weighted by molar-refractivity contribution is -0.384. The molecule has 2 aromatic carbocycles. The fraction of sp³-hybridized carbons (Fsp3) is 0.364. The highest BCUT2D eigenvalue weighted by Crippen LogP contribution is 2.22. The molecule has 1 atom stereocenters. The fourth-order valence-corrected chi connectivity index (χ4v) is 5.00. The van der Waals surface area contributed by atoms with Gasteiger partial charge in [0.1, 0.15) is 0 Å². The summed E-state index contributed by atoms with van der Waals surface area (Å²) in [6.45, 7) is 2.22. The van der Waals surface area contributed by atoms with Crippen molar-refractivity contribution >= 4 is 33.3 Å². The molecular weight excluding hydrogens is 450 g/mol. The van der Waals surface area contributed by atoms with Gasteiger partial charge in [0.2, 0.25) is 10.0 Å². The second-order valence-corrected chi connectivity index (χ2v) is 9.63. The van der Waals surface area contributed by atoms with E-state index in [2.05, 4.69) is 5.32 Å². The van der Waals surface area contributed by atoms with Crippen LogP contribution in [-0.4, -0.2) is 48.7 Å². The van der Waals surface area contributed by atoms with Crippen LogP contribution >= 0.6 is 0 Å². The van der Waals surface area contributed by atoms with Crippen molar-refractivity contribution in [3.05, 3.63) is 64.2 Å². The predicted octanol–water partition coefficient (Wildman–Crippen LogP) is 3.34. The molecule has 0 aromatic heterocycles. The van der Waals surface area contributed by atoms with Crippen LogP contribution in [0.25, 0.3) is 0 Å². The van der Waals surface area contributed by atoms with Crippen LogP contribution in [0.3, 0.4) is 0 Å². The Morgan fingerprint density at radius 2 is 1.73 bits per heavy atom. The SMILES string of the molecule is C[C@@H](OC(=O)c1cccc(S(=O)(=O)N2CCCCCC2)c1)C(=O)Nc1cccc([N+](=O)[O-])c1. The van der Waals surface area contributed by atoms with Crippen LogP contribution in [0, 0.1) is 10.1 Å². The molecule has 1 heterocycles. The molecule has 1 fully saturated rings. The van der Waals surface area contributed by atoms with Crippen LogP contribution in [-0.2, 0) is 19.6 Å². The van der Waals surface area contributed by atoms with Gasteiger partial charge in [-0.05, 0) is 44.0 Å². The number of carbonyl (C=O) groups is 2. The van der Waals surface area contributed by atoms with Crippen LogP contribution in [0.1, 0.15) is 43.0 Å². The number of nitrogens with one attached hydrogen (secondary N) is 1. The van der Waals surface area contributed by atoms with E-state index in [1.807, 2.05) is 0 Å². The third kappa shape index (κ3) is 6.14. The molecule has 0 unspecified atom stereocenters. The number of anilines is 1. The molecule has 11 heteroatoms. The van der Waals surface area contributed by atoms with Crippen molar-refractivity contribution < 1.29 is 27.7 Å². The third-order valence-electron chi connectivity index (χ3n) is 5.25. The lowest BCUT2D eigenvalue weighted by Crippen LogP contribution is -2.32. The van der Waals surface area contributed by atoms with Crippen LogP contribution in [0.4, 0.5) is 11.4 Å². The zero-order chi connectivity index (χ0) is 24.0. The number of ether oxygens (including phenoxy) is 1. The van der Waals surface area contributed by atoms with E-state index in [0.29, 0.717) is 13.1 Å². The molecule has 0 bridgehead atoms. The van der Waals surface area contributed by atoms with E-state index in [9.17, 15) is 28.1 Å². The van der Waals surface area contributed by atoms with Crippen LogP contribution in [0.5, 0.6) is 0 Å². The van der Waals surface area contributed by atoms with E-state index in [1.165, 1.54) is 59.8 Å². The number of sulfonamides is 1. The topological polar surface area (TPSA) is 136 Å². The van der Waals surface area contributed by atoms with Gasteiger partial charge in [0, 0.05) is 30.9 Å². The lowest BCUT2D eigenvalue weighted by Gasteiger charge is -2.20. The first-order chi connectivity index (χ1) is 15.7. The van der Waals surface area contributed by atoms with Gasteiger partial charge in [-0.1, -0.05) is 25.0 Å². The highest BCUT2D eigenvalue weighted by Gasteiger charge is 2.27. The summed E-state index contributed by atoms with van der Waals surface area (Å²) in [5.41, 5.74) is -0.0107. The van der Waals surface area contributed by atoms with Gasteiger partial charge in [-0.15, -0.1) is 0 Å². The molecule has 0 saturated carbocycles. The first kappa shape index (κ1) is 24.3. The molecule has 1 saturated heterocycles. The Hall–Kier alpha value is -3.31. The van der Waals surface area contributed by atoms with Gasteiger partial charge in [0.25, 0.3) is 11.6 Å². The molecule has 1 amide bonds. The van der Waals surface area contributed by atoms with Gasteiger partial charge in [0.05, 0.1) is 15.4 Å². The molecule has 0 spiro atoms. The van der Waals surface area contributed by atoms with E-state index in [1.54, 1.807) is 0 Å². The minimum atomic E-state index is -3.75. The number of amides is 1. The second kappa shape index (κ2) is 10.5. The van der Waals surface area contributed by atoms with Crippen molar-refractivity contribution in [2.45, 2.75) is 43.6 Å². The average molecular weight is 476 g/mol. The van der Waals surface area contributed by atoms with Crippen molar-refractivity contribution in [3.8, 4) is 0 Å². The second-order valence-electron chi connectivity index (χ2n) is 7.69. The monoisotopic (exact) mass is 475 g/mol. The summed E-state index contributed by atoms with van der Waals surface area (Å²) in [5.74, 6) is -1.54. The predicted molar refractivity (Wildman–Crippen MR) is 120 cm³/mol. The molecule has 33 heavy (non-hydrogen) atoms. The number of hydrogen-bond acceptors (Lipinski definition) is 7. The quantitative estimate of drug-likeness (QED) is 0.368. The van der Waals surface area contributed by atoms with Gasteiger partial charge in [-0.2, -0.15) is 4.31 Å². The number of benzene rings is 2. The van der Waals surface area contributed by atoms with Crippen molar-refractivity contribution in [2.24, 2.45) is 0 Å². The number of nitro groups is 1. The molecule has 1 aliphatic heterocycles. The van der Waals surface area contributed by atoms with Crippen molar-refractivity contribution in [1.82, 2.24) is 4.31 Å². The summed E-state index contributed by atoms with van der Waals surface area (Å²) in [4.78, 5) is 35.2. The molecule has 176 valence electrons. The highest BCUT2D eigenvalue weighted by atomic mass is 32.2. The van der Waals surface area contributed by atoms with E-state index in [4.69, 9.17) is 4.74 Å². The molecule has 1 N–H and O–H groups in total. The molecule has 1 aliphatic rings. The molecule has 2 aromatic rings. The molecule has 0 radical (unpaired) electrons. The normalized spacial score (nSPS) is 15.8. The summed E-state index contributed by atoms with van der Waals surface area (Å²) in [7, 11) is -3.75. The smallest absolute Gasteiger partial charge is 0.338 e. The third-order valence-corrected chi connectivity index (χ3v) is 7.14.